The number of imidazole rings is 1. The predicted octanol–water partition coefficient (Wildman–Crippen LogP) is 5.24. The molecule has 10 heteroatoms. The van der Waals surface area contributed by atoms with Crippen LogP contribution in [0.4, 0.5) is 23.3 Å². The Morgan fingerprint density at radius 2 is 1.66 bits per heavy atom. The number of anilines is 4. The van der Waals surface area contributed by atoms with Gasteiger partial charge < -0.3 is 29.4 Å². The lowest BCUT2D eigenvalue weighted by Gasteiger charge is -2.23. The summed E-state index contributed by atoms with van der Waals surface area (Å²) in [6, 6.07) is 9.69. The number of nitrogens with zero attached hydrogens (tertiary/aromatic N) is 5. The summed E-state index contributed by atoms with van der Waals surface area (Å²) >= 11 is 0. The van der Waals surface area contributed by atoms with Crippen molar-refractivity contribution in [2.45, 2.75) is 38.1 Å². The SMILES string of the molecule is COc1cc(Nc2nc(Nc3ccccn3)nc3c2ncn3C2CCCCC2)cc(OC)c1OC. The first kappa shape index (κ1) is 22.7. The number of fused-ring (bicyclic) bond motifs is 1. The van der Waals surface area contributed by atoms with Crippen LogP contribution >= 0.6 is 0 Å². The highest BCUT2D eigenvalue weighted by atomic mass is 16.5. The minimum absolute atomic E-state index is 0.375. The molecule has 2 N–H and O–H groups in total. The Morgan fingerprint density at radius 1 is 0.886 bits per heavy atom. The summed E-state index contributed by atoms with van der Waals surface area (Å²) in [6.07, 6.45) is 9.54. The van der Waals surface area contributed by atoms with Gasteiger partial charge >= 0.3 is 0 Å². The largest absolute Gasteiger partial charge is 0.493 e. The van der Waals surface area contributed by atoms with E-state index < -0.39 is 0 Å². The van der Waals surface area contributed by atoms with E-state index >= 15 is 0 Å². The zero-order chi connectivity index (χ0) is 24.2. The first-order chi connectivity index (χ1) is 17.2. The van der Waals surface area contributed by atoms with E-state index in [2.05, 4.69) is 20.2 Å². The quantitative estimate of drug-likeness (QED) is 0.354. The number of hydrogen-bond acceptors (Lipinski definition) is 9. The fraction of sp³-hybridized carbons (Fsp3) is 0.360. The molecule has 1 aliphatic rings. The second kappa shape index (κ2) is 10.0. The number of benzene rings is 1. The molecule has 0 radical (unpaired) electrons. The summed E-state index contributed by atoms with van der Waals surface area (Å²) in [7, 11) is 4.75. The molecule has 0 unspecified atom stereocenters. The topological polar surface area (TPSA) is 108 Å². The van der Waals surface area contributed by atoms with E-state index in [0.29, 0.717) is 46.4 Å². The van der Waals surface area contributed by atoms with E-state index in [0.717, 1.165) is 24.2 Å². The molecule has 0 spiro atoms. The highest BCUT2D eigenvalue weighted by Gasteiger charge is 2.22. The molecule has 3 aromatic heterocycles. The van der Waals surface area contributed by atoms with Gasteiger partial charge in [-0.3, -0.25) is 0 Å². The van der Waals surface area contributed by atoms with E-state index in [-0.39, 0.29) is 0 Å². The van der Waals surface area contributed by atoms with Crippen molar-refractivity contribution < 1.29 is 14.2 Å². The number of pyridine rings is 1. The van der Waals surface area contributed by atoms with Crippen molar-refractivity contribution in [1.82, 2.24) is 24.5 Å². The molecule has 1 aliphatic carbocycles. The van der Waals surface area contributed by atoms with E-state index in [1.165, 1.54) is 19.3 Å². The van der Waals surface area contributed by atoms with Crippen molar-refractivity contribution in [2.75, 3.05) is 32.0 Å². The summed E-state index contributed by atoms with van der Waals surface area (Å²) in [6.45, 7) is 0. The third-order valence-corrected chi connectivity index (χ3v) is 6.22. The summed E-state index contributed by atoms with van der Waals surface area (Å²) in [4.78, 5) is 18.6. The maximum Gasteiger partial charge on any atom is 0.232 e. The zero-order valence-corrected chi connectivity index (χ0v) is 20.1. The molecule has 1 saturated carbocycles. The number of ether oxygens (including phenoxy) is 3. The zero-order valence-electron chi connectivity index (χ0n) is 20.1. The fourth-order valence-electron chi connectivity index (χ4n) is 4.53. The van der Waals surface area contributed by atoms with Gasteiger partial charge in [-0.05, 0) is 25.0 Å². The number of rotatable bonds is 8. The molecule has 35 heavy (non-hydrogen) atoms. The molecular weight excluding hydrogens is 446 g/mol. The van der Waals surface area contributed by atoms with Crippen LogP contribution in [-0.2, 0) is 0 Å². The van der Waals surface area contributed by atoms with Gasteiger partial charge in [-0.25, -0.2) is 9.97 Å². The van der Waals surface area contributed by atoms with E-state index in [9.17, 15) is 0 Å². The molecule has 1 fully saturated rings. The van der Waals surface area contributed by atoms with Crippen LogP contribution in [0, 0.1) is 0 Å². The maximum atomic E-state index is 5.51. The molecule has 1 aromatic carbocycles. The van der Waals surface area contributed by atoms with Crippen molar-refractivity contribution in [1.29, 1.82) is 0 Å². The van der Waals surface area contributed by atoms with Crippen LogP contribution in [0.25, 0.3) is 11.2 Å². The number of methoxy groups -OCH3 is 3. The lowest BCUT2D eigenvalue weighted by Crippen LogP contribution is -2.13. The van der Waals surface area contributed by atoms with Crippen molar-refractivity contribution in [3.05, 3.63) is 42.9 Å². The minimum Gasteiger partial charge on any atom is -0.493 e. The average Bonchev–Trinajstić information content (AvgIpc) is 3.33. The Hall–Kier alpha value is -4.08. The van der Waals surface area contributed by atoms with E-state index in [1.807, 2.05) is 36.7 Å². The highest BCUT2D eigenvalue weighted by Crippen LogP contribution is 2.41. The van der Waals surface area contributed by atoms with Crippen LogP contribution in [-0.4, -0.2) is 45.8 Å². The highest BCUT2D eigenvalue weighted by molar-refractivity contribution is 5.87. The second-order valence-electron chi connectivity index (χ2n) is 8.39. The standard InChI is InChI=1S/C25H29N7O3/c1-33-18-13-16(14-19(34-2)22(18)35-3)28-23-21-24(32(15-27-21)17-9-5-4-6-10-17)31-25(30-23)29-20-11-7-8-12-26-20/h7-8,11-15,17H,4-6,9-10H2,1-3H3,(H2,26,28,29,30,31). The lowest BCUT2D eigenvalue weighted by molar-refractivity contribution is 0.324. The molecular formula is C25H29N7O3. The Morgan fingerprint density at radius 3 is 2.31 bits per heavy atom. The Kier molecular flexibility index (Phi) is 6.51. The van der Waals surface area contributed by atoms with Gasteiger partial charge in [0.1, 0.15) is 5.82 Å². The molecule has 0 amide bonds. The number of hydrogen-bond donors (Lipinski definition) is 2. The van der Waals surface area contributed by atoms with E-state index in [1.54, 1.807) is 27.5 Å². The van der Waals surface area contributed by atoms with Gasteiger partial charge in [0.2, 0.25) is 11.7 Å². The molecule has 4 aromatic rings. The molecule has 5 rings (SSSR count). The third kappa shape index (κ3) is 4.64. The first-order valence-electron chi connectivity index (χ1n) is 11.7. The van der Waals surface area contributed by atoms with Crippen molar-refractivity contribution >= 4 is 34.4 Å². The van der Waals surface area contributed by atoms with Gasteiger partial charge in [0.15, 0.2) is 28.5 Å². The van der Waals surface area contributed by atoms with Crippen LogP contribution in [0.3, 0.4) is 0 Å². The summed E-state index contributed by atoms with van der Waals surface area (Å²) in [5.41, 5.74) is 2.19. The van der Waals surface area contributed by atoms with Crippen molar-refractivity contribution in [3.63, 3.8) is 0 Å². The van der Waals surface area contributed by atoms with Crippen molar-refractivity contribution in [2.24, 2.45) is 0 Å². The van der Waals surface area contributed by atoms with Crippen LogP contribution in [0.5, 0.6) is 17.2 Å². The number of nitrogens with one attached hydrogen (secondary N) is 2. The molecule has 3 heterocycles. The van der Waals surface area contributed by atoms with Gasteiger partial charge in [-0.15, -0.1) is 0 Å². The number of aromatic nitrogens is 5. The molecule has 0 bridgehead atoms. The van der Waals surface area contributed by atoms with Gasteiger partial charge in [0, 0.05) is 30.1 Å². The first-order valence-corrected chi connectivity index (χ1v) is 11.7. The van der Waals surface area contributed by atoms with E-state index in [4.69, 9.17) is 29.2 Å². The van der Waals surface area contributed by atoms with Gasteiger partial charge in [-0.2, -0.15) is 9.97 Å². The van der Waals surface area contributed by atoms with Crippen LogP contribution < -0.4 is 24.8 Å². The second-order valence-corrected chi connectivity index (χ2v) is 8.39. The Labute approximate surface area is 203 Å². The van der Waals surface area contributed by atoms with Crippen molar-refractivity contribution in [3.8, 4) is 17.2 Å². The average molecular weight is 476 g/mol. The predicted molar refractivity (Wildman–Crippen MR) is 134 cm³/mol. The summed E-state index contributed by atoms with van der Waals surface area (Å²) < 4.78 is 18.7. The maximum absolute atomic E-state index is 5.51. The molecule has 10 nitrogen and oxygen atoms in total. The minimum atomic E-state index is 0.375. The summed E-state index contributed by atoms with van der Waals surface area (Å²) in [5, 5.41) is 6.61. The van der Waals surface area contributed by atoms with Gasteiger partial charge in [-0.1, -0.05) is 25.3 Å². The van der Waals surface area contributed by atoms with Crippen LogP contribution in [0.1, 0.15) is 38.1 Å². The molecule has 0 saturated heterocycles. The van der Waals surface area contributed by atoms with Crippen LogP contribution in [0.2, 0.25) is 0 Å². The molecule has 182 valence electrons. The monoisotopic (exact) mass is 475 g/mol. The van der Waals surface area contributed by atoms with Gasteiger partial charge in [0.05, 0.1) is 27.7 Å². The lowest BCUT2D eigenvalue weighted by atomic mass is 9.95. The summed E-state index contributed by atoms with van der Waals surface area (Å²) in [5.74, 6) is 3.26. The molecule has 0 aliphatic heterocycles. The Bertz CT molecular complexity index is 1280. The Balaban J connectivity index is 1.59. The van der Waals surface area contributed by atoms with Crippen LogP contribution in [0.15, 0.2) is 42.9 Å². The normalized spacial score (nSPS) is 14.0. The fourth-order valence-corrected chi connectivity index (χ4v) is 4.53. The third-order valence-electron chi connectivity index (χ3n) is 6.22. The smallest absolute Gasteiger partial charge is 0.232 e. The molecule has 0 atom stereocenters. The van der Waals surface area contributed by atoms with Gasteiger partial charge in [0.25, 0.3) is 0 Å².